The lowest BCUT2D eigenvalue weighted by molar-refractivity contribution is 0.641. The van der Waals surface area contributed by atoms with Crippen LogP contribution in [0.25, 0.3) is 0 Å². The standard InChI is InChI=1S/C19H22N2/c1-14-12-20-18-7-2-3-8-19(18)21(14)13-15-9-10-16-5-4-6-17(16)11-15/h2-3,7-11,14,20H,4-6,12-13H2,1H3. The number of benzene rings is 2. The molecule has 2 heteroatoms. The Hall–Kier alpha value is -1.96. The van der Waals surface area contributed by atoms with Crippen molar-refractivity contribution in [1.82, 2.24) is 0 Å². The molecule has 0 fully saturated rings. The highest BCUT2D eigenvalue weighted by Gasteiger charge is 2.22. The van der Waals surface area contributed by atoms with E-state index in [1.807, 2.05) is 0 Å². The monoisotopic (exact) mass is 278 g/mol. The maximum atomic E-state index is 3.53. The molecule has 0 radical (unpaired) electrons. The second-order valence-electron chi connectivity index (χ2n) is 6.33. The van der Waals surface area contributed by atoms with Gasteiger partial charge in [-0.25, -0.2) is 0 Å². The van der Waals surface area contributed by atoms with Gasteiger partial charge in [0.1, 0.15) is 0 Å². The zero-order valence-corrected chi connectivity index (χ0v) is 12.6. The van der Waals surface area contributed by atoms with Gasteiger partial charge in [0, 0.05) is 19.1 Å². The summed E-state index contributed by atoms with van der Waals surface area (Å²) in [6.45, 7) is 4.32. The quantitative estimate of drug-likeness (QED) is 0.893. The summed E-state index contributed by atoms with van der Waals surface area (Å²) in [7, 11) is 0. The lowest BCUT2D eigenvalue weighted by atomic mass is 10.0. The van der Waals surface area contributed by atoms with Crippen LogP contribution in [0.3, 0.4) is 0 Å². The zero-order chi connectivity index (χ0) is 14.2. The van der Waals surface area contributed by atoms with Crippen molar-refractivity contribution in [3.8, 4) is 0 Å². The number of anilines is 2. The van der Waals surface area contributed by atoms with E-state index in [9.17, 15) is 0 Å². The van der Waals surface area contributed by atoms with E-state index in [4.69, 9.17) is 0 Å². The Morgan fingerprint density at radius 2 is 1.95 bits per heavy atom. The molecule has 0 bridgehead atoms. The lowest BCUT2D eigenvalue weighted by Crippen LogP contribution is -2.41. The molecule has 1 heterocycles. The van der Waals surface area contributed by atoms with Crippen LogP contribution in [-0.2, 0) is 19.4 Å². The van der Waals surface area contributed by atoms with Gasteiger partial charge in [0.15, 0.2) is 0 Å². The molecule has 108 valence electrons. The van der Waals surface area contributed by atoms with Crippen LogP contribution < -0.4 is 10.2 Å². The molecule has 1 N–H and O–H groups in total. The second kappa shape index (κ2) is 5.10. The highest BCUT2D eigenvalue weighted by Crippen LogP contribution is 2.33. The fourth-order valence-electron chi connectivity index (χ4n) is 3.64. The van der Waals surface area contributed by atoms with Crippen molar-refractivity contribution in [2.24, 2.45) is 0 Å². The molecule has 1 aliphatic carbocycles. The Bertz CT molecular complexity index is 662. The van der Waals surface area contributed by atoms with Crippen LogP contribution in [-0.4, -0.2) is 12.6 Å². The van der Waals surface area contributed by atoms with Gasteiger partial charge in [0.25, 0.3) is 0 Å². The van der Waals surface area contributed by atoms with Crippen LogP contribution in [0, 0.1) is 0 Å². The van der Waals surface area contributed by atoms with E-state index in [-0.39, 0.29) is 0 Å². The Labute approximate surface area is 126 Å². The maximum Gasteiger partial charge on any atom is 0.0608 e. The summed E-state index contributed by atoms with van der Waals surface area (Å²) in [5.74, 6) is 0. The molecule has 0 aromatic heterocycles. The number of hydrogen-bond donors (Lipinski definition) is 1. The maximum absolute atomic E-state index is 3.53. The first-order valence-corrected chi connectivity index (χ1v) is 8.01. The van der Waals surface area contributed by atoms with Gasteiger partial charge in [-0.1, -0.05) is 30.3 Å². The van der Waals surface area contributed by atoms with Gasteiger partial charge in [-0.2, -0.15) is 0 Å². The first kappa shape index (κ1) is 12.8. The van der Waals surface area contributed by atoms with Crippen LogP contribution in [0.15, 0.2) is 42.5 Å². The normalized spacial score (nSPS) is 19.9. The first-order chi connectivity index (χ1) is 10.3. The van der Waals surface area contributed by atoms with Crippen LogP contribution in [0.1, 0.15) is 30.0 Å². The van der Waals surface area contributed by atoms with E-state index in [1.165, 1.54) is 36.2 Å². The summed E-state index contributed by atoms with van der Waals surface area (Å²) in [4.78, 5) is 2.53. The fourth-order valence-corrected chi connectivity index (χ4v) is 3.64. The Morgan fingerprint density at radius 1 is 1.10 bits per heavy atom. The molecule has 21 heavy (non-hydrogen) atoms. The van der Waals surface area contributed by atoms with Gasteiger partial charge in [0.2, 0.25) is 0 Å². The molecule has 0 spiro atoms. The number of para-hydroxylation sites is 2. The van der Waals surface area contributed by atoms with Gasteiger partial charge in [-0.05, 0) is 55.0 Å². The predicted octanol–water partition coefficient (Wildman–Crippen LogP) is 4.00. The molecule has 0 amide bonds. The highest BCUT2D eigenvalue weighted by molar-refractivity contribution is 5.72. The molecule has 2 nitrogen and oxygen atoms in total. The van der Waals surface area contributed by atoms with Crippen molar-refractivity contribution in [2.75, 3.05) is 16.8 Å². The molecule has 2 aromatic rings. The van der Waals surface area contributed by atoms with E-state index < -0.39 is 0 Å². The smallest absolute Gasteiger partial charge is 0.0608 e. The molecular weight excluding hydrogens is 256 g/mol. The van der Waals surface area contributed by atoms with Crippen molar-refractivity contribution >= 4 is 11.4 Å². The predicted molar refractivity (Wildman–Crippen MR) is 89.0 cm³/mol. The number of aryl methyl sites for hydroxylation is 2. The van der Waals surface area contributed by atoms with Crippen molar-refractivity contribution in [2.45, 2.75) is 38.8 Å². The van der Waals surface area contributed by atoms with E-state index in [1.54, 1.807) is 11.1 Å². The molecule has 0 saturated carbocycles. The molecular formula is C19H22N2. The topological polar surface area (TPSA) is 15.3 Å². The van der Waals surface area contributed by atoms with Crippen molar-refractivity contribution in [3.63, 3.8) is 0 Å². The number of nitrogens with zero attached hydrogens (tertiary/aromatic N) is 1. The SMILES string of the molecule is CC1CNc2ccccc2N1Cc1ccc2c(c1)CCC2. The minimum atomic E-state index is 0.521. The number of nitrogens with one attached hydrogen (secondary N) is 1. The van der Waals surface area contributed by atoms with Gasteiger partial charge in [-0.15, -0.1) is 0 Å². The van der Waals surface area contributed by atoms with Crippen molar-refractivity contribution < 1.29 is 0 Å². The minimum Gasteiger partial charge on any atom is -0.381 e. The summed E-state index contributed by atoms with van der Waals surface area (Å²) in [5, 5.41) is 3.53. The molecule has 1 atom stereocenters. The average Bonchev–Trinajstić information content (AvgIpc) is 2.98. The van der Waals surface area contributed by atoms with E-state index in [0.717, 1.165) is 13.1 Å². The average molecular weight is 278 g/mol. The Balaban J connectivity index is 1.64. The van der Waals surface area contributed by atoms with E-state index in [2.05, 4.69) is 59.6 Å². The number of fused-ring (bicyclic) bond motifs is 2. The third-order valence-electron chi connectivity index (χ3n) is 4.85. The van der Waals surface area contributed by atoms with Gasteiger partial charge in [-0.3, -0.25) is 0 Å². The summed E-state index contributed by atoms with van der Waals surface area (Å²) in [5.41, 5.74) is 7.17. The van der Waals surface area contributed by atoms with Crippen LogP contribution in [0.5, 0.6) is 0 Å². The minimum absolute atomic E-state index is 0.521. The largest absolute Gasteiger partial charge is 0.381 e. The van der Waals surface area contributed by atoms with Crippen molar-refractivity contribution in [3.05, 3.63) is 59.2 Å². The van der Waals surface area contributed by atoms with Gasteiger partial charge >= 0.3 is 0 Å². The van der Waals surface area contributed by atoms with E-state index >= 15 is 0 Å². The summed E-state index contributed by atoms with van der Waals surface area (Å²) < 4.78 is 0. The van der Waals surface area contributed by atoms with Crippen molar-refractivity contribution in [1.29, 1.82) is 0 Å². The molecule has 1 unspecified atom stereocenters. The summed E-state index contributed by atoms with van der Waals surface area (Å²) in [6, 6.07) is 16.3. The van der Waals surface area contributed by atoms with Crippen LogP contribution in [0.4, 0.5) is 11.4 Å². The third kappa shape index (κ3) is 2.29. The third-order valence-corrected chi connectivity index (χ3v) is 4.85. The second-order valence-corrected chi connectivity index (χ2v) is 6.33. The summed E-state index contributed by atoms with van der Waals surface area (Å²) >= 11 is 0. The Kier molecular flexibility index (Phi) is 3.10. The molecule has 1 aliphatic heterocycles. The van der Waals surface area contributed by atoms with Crippen LogP contribution in [0.2, 0.25) is 0 Å². The van der Waals surface area contributed by atoms with E-state index in [0.29, 0.717) is 6.04 Å². The molecule has 2 aromatic carbocycles. The van der Waals surface area contributed by atoms with Crippen LogP contribution >= 0.6 is 0 Å². The molecule has 4 rings (SSSR count). The summed E-state index contributed by atoms with van der Waals surface area (Å²) in [6.07, 6.45) is 3.85. The molecule has 2 aliphatic rings. The fraction of sp³-hybridized carbons (Fsp3) is 0.368. The zero-order valence-electron chi connectivity index (χ0n) is 12.6. The van der Waals surface area contributed by atoms with Gasteiger partial charge in [0.05, 0.1) is 11.4 Å². The lowest BCUT2D eigenvalue weighted by Gasteiger charge is -2.37. The first-order valence-electron chi connectivity index (χ1n) is 8.01. The number of hydrogen-bond acceptors (Lipinski definition) is 2. The number of rotatable bonds is 2. The van der Waals surface area contributed by atoms with Gasteiger partial charge < -0.3 is 10.2 Å². The Morgan fingerprint density at radius 3 is 2.90 bits per heavy atom. The molecule has 0 saturated heterocycles. The highest BCUT2D eigenvalue weighted by atomic mass is 15.2.